The Balaban J connectivity index is 4.20. The summed E-state index contributed by atoms with van der Waals surface area (Å²) in [5.41, 5.74) is -0.187. The lowest BCUT2D eigenvalue weighted by Gasteiger charge is -2.18. The van der Waals surface area contributed by atoms with Crippen LogP contribution in [-0.4, -0.2) is 31.0 Å². The van der Waals surface area contributed by atoms with Gasteiger partial charge in [-0.25, -0.2) is 0 Å². The van der Waals surface area contributed by atoms with E-state index in [9.17, 15) is 4.79 Å². The highest BCUT2D eigenvalue weighted by atomic mass is 16.5. The summed E-state index contributed by atoms with van der Waals surface area (Å²) in [7, 11) is 0. The van der Waals surface area contributed by atoms with Gasteiger partial charge in [0.2, 0.25) is 0 Å². The second kappa shape index (κ2) is 4.70. The average molecular weight is 187 g/mol. The topological polar surface area (TPSA) is 53.3 Å². The van der Waals surface area contributed by atoms with Crippen molar-refractivity contribution >= 4 is 5.97 Å². The lowest BCUT2D eigenvalue weighted by atomic mass is 9.99. The molecule has 0 heterocycles. The number of rotatable bonds is 3. The highest BCUT2D eigenvalue weighted by Crippen LogP contribution is 2.12. The molecule has 0 aromatic heterocycles. The largest absolute Gasteiger partial charge is 0.464 e. The first-order chi connectivity index (χ1) is 7.06. The van der Waals surface area contributed by atoms with Crippen LogP contribution in [0.2, 0.25) is 0 Å². The van der Waals surface area contributed by atoms with Gasteiger partial charge in [-0.1, -0.05) is 20.8 Å². The van der Waals surface area contributed by atoms with Gasteiger partial charge in [0.05, 0.1) is 6.61 Å². The lowest BCUT2D eigenvalue weighted by Crippen LogP contribution is -2.26. The van der Waals surface area contributed by atoms with Gasteiger partial charge >= 0.3 is 5.97 Å². The Morgan fingerprint density at radius 3 is 2.69 bits per heavy atom. The maximum absolute atomic E-state index is 11.2. The Morgan fingerprint density at radius 1 is 1.69 bits per heavy atom. The summed E-state index contributed by atoms with van der Waals surface area (Å²) in [6.45, 7) is 2.68. The van der Waals surface area contributed by atoms with Crippen LogP contribution in [0.5, 0.6) is 0 Å². The van der Waals surface area contributed by atoms with E-state index in [1.807, 2.05) is 20.8 Å². The third-order valence-electron chi connectivity index (χ3n) is 1.07. The molecule has 0 aliphatic carbocycles. The second-order valence-electron chi connectivity index (χ2n) is 3.91. The number of carbonyl (C=O) groups excluding carboxylic acids is 1. The molecule has 0 atom stereocenters. The third-order valence-corrected chi connectivity index (χ3v) is 1.07. The number of hydrogen-bond donors (Lipinski definition) is 0. The van der Waals surface area contributed by atoms with Crippen LogP contribution >= 0.6 is 0 Å². The number of nitrogens with zero attached hydrogens (tertiary/aromatic N) is 2. The van der Waals surface area contributed by atoms with Crippen LogP contribution in [0.4, 0.5) is 0 Å². The fourth-order valence-corrected chi connectivity index (χ4v) is 0.507. The normalized spacial score (nSPS) is 14.8. The molecule has 0 aliphatic rings. The lowest BCUT2D eigenvalue weighted by molar-refractivity contribution is -0.146. The number of nitriles is 1. The summed E-state index contributed by atoms with van der Waals surface area (Å²) < 4.78 is 25.8. The Kier molecular flexibility index (Phi) is 2.60. The van der Waals surface area contributed by atoms with Gasteiger partial charge in [-0.15, -0.1) is 0 Å². The Bertz CT molecular complexity index is 289. The summed E-state index contributed by atoms with van der Waals surface area (Å²) in [5, 5.41) is 8.55. The van der Waals surface area contributed by atoms with Crippen molar-refractivity contribution in [2.24, 2.45) is 5.41 Å². The van der Waals surface area contributed by atoms with E-state index in [1.165, 1.54) is 6.19 Å². The molecule has 0 radical (unpaired) electrons. The van der Waals surface area contributed by atoms with E-state index in [2.05, 4.69) is 0 Å². The summed E-state index contributed by atoms with van der Waals surface area (Å²) in [6.07, 6.45) is 1.44. The highest BCUT2D eigenvalue weighted by Gasteiger charge is 2.14. The number of hydrogen-bond acceptors (Lipinski definition) is 4. The van der Waals surface area contributed by atoms with Crippen molar-refractivity contribution < 1.29 is 13.6 Å². The summed E-state index contributed by atoms with van der Waals surface area (Å²) in [6, 6.07) is 0. The van der Waals surface area contributed by atoms with E-state index in [-0.39, 0.29) is 12.0 Å². The van der Waals surface area contributed by atoms with E-state index in [1.54, 1.807) is 0 Å². The molecule has 0 aromatic rings. The Labute approximate surface area is 83.3 Å². The zero-order valence-electron chi connectivity index (χ0n) is 11.1. The smallest absolute Gasteiger partial charge is 0.326 e. The van der Waals surface area contributed by atoms with Gasteiger partial charge in [0.25, 0.3) is 0 Å². The van der Waals surface area contributed by atoms with Gasteiger partial charge in [-0.3, -0.25) is 4.79 Å². The zero-order chi connectivity index (χ0) is 13.0. The standard InChI is InChI=1S/C9H16N2O2/c1-9(2,3)6-13-8(12)5-11(4)7-10/h5-6H2,1-4H3/i4D3. The molecule has 0 aliphatic heterocycles. The molecule has 4 heteroatoms. The first-order valence-electron chi connectivity index (χ1n) is 5.39. The number of ether oxygens (including phenoxy) is 1. The second-order valence-corrected chi connectivity index (χ2v) is 3.91. The average Bonchev–Trinajstić information content (AvgIpc) is 2.07. The maximum atomic E-state index is 11.2. The molecule has 0 bridgehead atoms. The van der Waals surface area contributed by atoms with Crippen molar-refractivity contribution in [1.29, 1.82) is 5.26 Å². The Morgan fingerprint density at radius 2 is 2.31 bits per heavy atom. The fourth-order valence-electron chi connectivity index (χ4n) is 0.507. The summed E-state index contributed by atoms with van der Waals surface area (Å²) in [4.78, 5) is 11.7. The highest BCUT2D eigenvalue weighted by molar-refractivity contribution is 5.71. The van der Waals surface area contributed by atoms with Crippen LogP contribution in [0.25, 0.3) is 0 Å². The van der Waals surface area contributed by atoms with Crippen molar-refractivity contribution in [3.05, 3.63) is 0 Å². The molecule has 0 fully saturated rings. The first-order valence-corrected chi connectivity index (χ1v) is 3.89. The quantitative estimate of drug-likeness (QED) is 0.375. The molecular formula is C9H16N2O2. The van der Waals surface area contributed by atoms with Gasteiger partial charge in [0, 0.05) is 11.1 Å². The van der Waals surface area contributed by atoms with Crippen LogP contribution in [0.15, 0.2) is 0 Å². The molecule has 0 unspecified atom stereocenters. The van der Waals surface area contributed by atoms with E-state index in [4.69, 9.17) is 14.1 Å². The minimum atomic E-state index is -2.60. The van der Waals surface area contributed by atoms with Gasteiger partial charge in [0.1, 0.15) is 6.54 Å². The predicted octanol–water partition coefficient (Wildman–Crippen LogP) is 0.989. The molecular weight excluding hydrogens is 168 g/mol. The molecule has 0 spiro atoms. The molecule has 74 valence electrons. The molecule has 0 N–H and O–H groups in total. The first kappa shape index (κ1) is 7.19. The van der Waals surface area contributed by atoms with E-state index in [0.29, 0.717) is 4.90 Å². The number of likely N-dealkylation sites (N-methyl/N-ethyl adjacent to an activating group) is 1. The van der Waals surface area contributed by atoms with Gasteiger partial charge in [0.15, 0.2) is 6.19 Å². The Hall–Kier alpha value is -1.24. The SMILES string of the molecule is [2H]C([2H])([2H])N(C#N)CC(=O)OCC(C)(C)C. The number of carbonyl (C=O) groups is 1. The zero-order valence-corrected chi connectivity index (χ0v) is 8.13. The van der Waals surface area contributed by atoms with Crippen molar-refractivity contribution in [2.45, 2.75) is 20.8 Å². The fraction of sp³-hybridized carbons (Fsp3) is 0.778. The molecule has 13 heavy (non-hydrogen) atoms. The van der Waals surface area contributed by atoms with Crippen LogP contribution in [0, 0.1) is 16.9 Å². The van der Waals surface area contributed by atoms with E-state index < -0.39 is 19.5 Å². The van der Waals surface area contributed by atoms with Gasteiger partial charge < -0.3 is 9.64 Å². The van der Waals surface area contributed by atoms with E-state index in [0.717, 1.165) is 0 Å². The molecule has 0 rings (SSSR count). The van der Waals surface area contributed by atoms with Crippen molar-refractivity contribution in [3.63, 3.8) is 0 Å². The minimum Gasteiger partial charge on any atom is -0.464 e. The monoisotopic (exact) mass is 187 g/mol. The van der Waals surface area contributed by atoms with Crippen molar-refractivity contribution in [2.75, 3.05) is 20.1 Å². The number of esters is 1. The van der Waals surface area contributed by atoms with Gasteiger partial charge in [-0.2, -0.15) is 5.26 Å². The maximum Gasteiger partial charge on any atom is 0.326 e. The van der Waals surface area contributed by atoms with Gasteiger partial charge in [-0.05, 0) is 5.41 Å². The molecule has 0 amide bonds. The summed E-state index contributed by atoms with van der Waals surface area (Å²) in [5.74, 6) is -0.715. The van der Waals surface area contributed by atoms with Crippen molar-refractivity contribution in [3.8, 4) is 6.19 Å². The molecule has 0 saturated heterocycles. The van der Waals surface area contributed by atoms with Crippen LogP contribution in [0.3, 0.4) is 0 Å². The third kappa shape index (κ3) is 7.13. The van der Waals surface area contributed by atoms with Crippen molar-refractivity contribution in [1.82, 2.24) is 4.90 Å². The molecule has 0 aromatic carbocycles. The van der Waals surface area contributed by atoms with Crippen LogP contribution in [-0.2, 0) is 9.53 Å². The van der Waals surface area contributed by atoms with Crippen LogP contribution < -0.4 is 0 Å². The molecule has 4 nitrogen and oxygen atoms in total. The summed E-state index contributed by atoms with van der Waals surface area (Å²) >= 11 is 0. The van der Waals surface area contributed by atoms with E-state index >= 15 is 0 Å². The molecule has 0 saturated carbocycles. The minimum absolute atomic E-state index is 0.187. The van der Waals surface area contributed by atoms with Crippen LogP contribution in [0.1, 0.15) is 24.9 Å². The predicted molar refractivity (Wildman–Crippen MR) is 48.7 cm³/mol.